The van der Waals surface area contributed by atoms with Gasteiger partial charge in [-0.05, 0) is 25.8 Å². The molecule has 3 nitrogen and oxygen atoms in total. The predicted octanol–water partition coefficient (Wildman–Crippen LogP) is 3.76. The monoisotopic (exact) mass is 265 g/mol. The molecule has 1 aromatic carbocycles. The van der Waals surface area contributed by atoms with Gasteiger partial charge in [-0.3, -0.25) is 0 Å². The normalized spacial score (nSPS) is 12.2. The molecule has 0 radical (unpaired) electrons. The summed E-state index contributed by atoms with van der Waals surface area (Å²) in [5, 5.41) is 3.50. The second-order valence-electron chi connectivity index (χ2n) is 4.84. The van der Waals surface area contributed by atoms with Gasteiger partial charge in [0.05, 0.1) is 13.7 Å². The van der Waals surface area contributed by atoms with Crippen molar-refractivity contribution in [2.75, 3.05) is 13.7 Å². The van der Waals surface area contributed by atoms with E-state index in [9.17, 15) is 0 Å². The lowest BCUT2D eigenvalue weighted by Crippen LogP contribution is -2.24. The van der Waals surface area contributed by atoms with Crippen LogP contribution in [0.4, 0.5) is 0 Å². The van der Waals surface area contributed by atoms with Gasteiger partial charge in [-0.2, -0.15) is 0 Å². The van der Waals surface area contributed by atoms with E-state index in [4.69, 9.17) is 9.47 Å². The average molecular weight is 265 g/mol. The zero-order valence-corrected chi connectivity index (χ0v) is 12.7. The van der Waals surface area contributed by atoms with E-state index in [0.717, 1.165) is 49.5 Å². The minimum Gasteiger partial charge on any atom is -0.493 e. The van der Waals surface area contributed by atoms with Crippen LogP contribution in [0.5, 0.6) is 11.5 Å². The second-order valence-corrected chi connectivity index (χ2v) is 4.84. The van der Waals surface area contributed by atoms with Crippen LogP contribution in [0.25, 0.3) is 0 Å². The molecular weight excluding hydrogens is 238 g/mol. The molecule has 0 fully saturated rings. The van der Waals surface area contributed by atoms with Gasteiger partial charge in [-0.15, -0.1) is 0 Å². The van der Waals surface area contributed by atoms with Crippen LogP contribution in [0.1, 0.15) is 45.6 Å². The van der Waals surface area contributed by atoms with Crippen molar-refractivity contribution in [3.05, 3.63) is 23.8 Å². The van der Waals surface area contributed by atoms with Gasteiger partial charge in [0.1, 0.15) is 0 Å². The van der Waals surface area contributed by atoms with Gasteiger partial charge in [0.2, 0.25) is 0 Å². The quantitative estimate of drug-likeness (QED) is 0.690. The number of ether oxygens (including phenoxy) is 2. The number of para-hydroxylation sites is 1. The van der Waals surface area contributed by atoms with Gasteiger partial charge < -0.3 is 14.8 Å². The van der Waals surface area contributed by atoms with Crippen molar-refractivity contribution < 1.29 is 9.47 Å². The van der Waals surface area contributed by atoms with E-state index in [1.54, 1.807) is 7.11 Å². The Morgan fingerprint density at radius 2 is 2.05 bits per heavy atom. The maximum absolute atomic E-state index is 5.90. The Kier molecular flexibility index (Phi) is 7.34. The van der Waals surface area contributed by atoms with Crippen LogP contribution < -0.4 is 14.8 Å². The summed E-state index contributed by atoms with van der Waals surface area (Å²) < 4.78 is 11.3. The zero-order chi connectivity index (χ0) is 14.1. The Balaban J connectivity index is 2.76. The number of hydrogen-bond donors (Lipinski definition) is 1. The standard InChI is InChI=1S/C16H27NO2/c1-5-7-11-19-16-14(12-17-13(3)6-2)9-8-10-15(16)18-4/h8-10,13,17H,5-7,11-12H2,1-4H3. The highest BCUT2D eigenvalue weighted by Gasteiger charge is 2.11. The van der Waals surface area contributed by atoms with E-state index in [0.29, 0.717) is 6.04 Å². The molecule has 19 heavy (non-hydrogen) atoms. The number of benzene rings is 1. The Bertz CT molecular complexity index is 366. The van der Waals surface area contributed by atoms with Crippen LogP contribution in [-0.2, 0) is 6.54 Å². The van der Waals surface area contributed by atoms with Crippen molar-refractivity contribution in [3.63, 3.8) is 0 Å². The molecule has 0 aliphatic carbocycles. The summed E-state index contributed by atoms with van der Waals surface area (Å²) in [4.78, 5) is 0. The highest BCUT2D eigenvalue weighted by Crippen LogP contribution is 2.31. The van der Waals surface area contributed by atoms with Gasteiger partial charge in [0.25, 0.3) is 0 Å². The van der Waals surface area contributed by atoms with Gasteiger partial charge in [-0.1, -0.05) is 32.4 Å². The summed E-state index contributed by atoms with van der Waals surface area (Å²) in [6.07, 6.45) is 3.32. The summed E-state index contributed by atoms with van der Waals surface area (Å²) in [6, 6.07) is 6.57. The fraction of sp³-hybridized carbons (Fsp3) is 0.625. The largest absolute Gasteiger partial charge is 0.493 e. The third-order valence-electron chi connectivity index (χ3n) is 3.28. The third kappa shape index (κ3) is 5.11. The minimum atomic E-state index is 0.509. The van der Waals surface area contributed by atoms with Crippen LogP contribution in [-0.4, -0.2) is 19.8 Å². The van der Waals surface area contributed by atoms with Crippen molar-refractivity contribution in [3.8, 4) is 11.5 Å². The van der Waals surface area contributed by atoms with Gasteiger partial charge in [0.15, 0.2) is 11.5 Å². The lowest BCUT2D eigenvalue weighted by molar-refractivity contribution is 0.284. The molecule has 0 aliphatic rings. The second kappa shape index (κ2) is 8.81. The molecule has 0 aromatic heterocycles. The van der Waals surface area contributed by atoms with Crippen LogP contribution in [0.2, 0.25) is 0 Å². The van der Waals surface area contributed by atoms with Gasteiger partial charge >= 0.3 is 0 Å². The molecule has 3 heteroatoms. The van der Waals surface area contributed by atoms with Crippen LogP contribution >= 0.6 is 0 Å². The Labute approximate surface area is 117 Å². The Morgan fingerprint density at radius 1 is 1.26 bits per heavy atom. The third-order valence-corrected chi connectivity index (χ3v) is 3.28. The first-order valence-electron chi connectivity index (χ1n) is 7.24. The molecule has 1 rings (SSSR count). The average Bonchev–Trinajstić information content (AvgIpc) is 2.45. The number of rotatable bonds is 9. The van der Waals surface area contributed by atoms with Crippen LogP contribution in [0.3, 0.4) is 0 Å². The van der Waals surface area contributed by atoms with E-state index < -0.39 is 0 Å². The summed E-state index contributed by atoms with van der Waals surface area (Å²) in [5.41, 5.74) is 1.16. The lowest BCUT2D eigenvalue weighted by atomic mass is 10.1. The topological polar surface area (TPSA) is 30.5 Å². The van der Waals surface area contributed by atoms with Crippen molar-refractivity contribution in [2.45, 2.75) is 52.6 Å². The summed E-state index contributed by atoms with van der Waals surface area (Å²) in [7, 11) is 1.69. The van der Waals surface area contributed by atoms with Crippen molar-refractivity contribution in [1.29, 1.82) is 0 Å². The molecule has 1 N–H and O–H groups in total. The molecule has 0 heterocycles. The number of methoxy groups -OCH3 is 1. The number of nitrogens with one attached hydrogen (secondary N) is 1. The first kappa shape index (κ1) is 15.8. The van der Waals surface area contributed by atoms with Gasteiger partial charge in [0, 0.05) is 18.2 Å². The molecular formula is C16H27NO2. The zero-order valence-electron chi connectivity index (χ0n) is 12.7. The molecule has 1 aromatic rings. The van der Waals surface area contributed by atoms with E-state index in [1.165, 1.54) is 0 Å². The smallest absolute Gasteiger partial charge is 0.165 e. The van der Waals surface area contributed by atoms with Crippen LogP contribution in [0, 0.1) is 0 Å². The fourth-order valence-electron chi connectivity index (χ4n) is 1.77. The maximum atomic E-state index is 5.90. The summed E-state index contributed by atoms with van der Waals surface area (Å²) >= 11 is 0. The van der Waals surface area contributed by atoms with E-state index in [-0.39, 0.29) is 0 Å². The lowest BCUT2D eigenvalue weighted by Gasteiger charge is -2.17. The first-order chi connectivity index (χ1) is 9.22. The number of unbranched alkanes of at least 4 members (excludes halogenated alkanes) is 1. The molecule has 0 amide bonds. The highest BCUT2D eigenvalue weighted by molar-refractivity contribution is 5.46. The maximum Gasteiger partial charge on any atom is 0.165 e. The van der Waals surface area contributed by atoms with Crippen molar-refractivity contribution >= 4 is 0 Å². The SMILES string of the molecule is CCCCOc1c(CNC(C)CC)cccc1OC. The Hall–Kier alpha value is -1.22. The van der Waals surface area contributed by atoms with Crippen molar-refractivity contribution in [2.24, 2.45) is 0 Å². The molecule has 1 unspecified atom stereocenters. The minimum absolute atomic E-state index is 0.509. The predicted molar refractivity (Wildman–Crippen MR) is 80.0 cm³/mol. The summed E-state index contributed by atoms with van der Waals surface area (Å²) in [6.45, 7) is 8.09. The molecule has 108 valence electrons. The van der Waals surface area contributed by atoms with E-state index in [2.05, 4.69) is 32.2 Å². The first-order valence-corrected chi connectivity index (χ1v) is 7.24. The fourth-order valence-corrected chi connectivity index (χ4v) is 1.77. The van der Waals surface area contributed by atoms with E-state index in [1.807, 2.05) is 12.1 Å². The molecule has 0 saturated heterocycles. The molecule has 1 atom stereocenters. The number of hydrogen-bond acceptors (Lipinski definition) is 3. The molecule has 0 spiro atoms. The van der Waals surface area contributed by atoms with E-state index >= 15 is 0 Å². The molecule has 0 bridgehead atoms. The van der Waals surface area contributed by atoms with Crippen molar-refractivity contribution in [1.82, 2.24) is 5.32 Å². The van der Waals surface area contributed by atoms with Crippen LogP contribution in [0.15, 0.2) is 18.2 Å². The van der Waals surface area contributed by atoms with Gasteiger partial charge in [-0.25, -0.2) is 0 Å². The highest BCUT2D eigenvalue weighted by atomic mass is 16.5. The molecule has 0 aliphatic heterocycles. The summed E-state index contributed by atoms with van der Waals surface area (Å²) in [5.74, 6) is 1.70. The Morgan fingerprint density at radius 3 is 2.68 bits per heavy atom. The molecule has 0 saturated carbocycles.